The standard InChI is InChI=1S/C10H14N4O4S/c1-5(4-8(16)17)3-7(15)12-9(18)13-10-11-6(2)14-19-10/h5H,3-4H2,1-2H3,(H,16,17)(H2,11,12,13,14,15,18). The minimum Gasteiger partial charge on any atom is -0.481 e. The number of carboxylic acid groups (broad SMARTS) is 1. The van der Waals surface area contributed by atoms with Crippen LogP contribution in [0, 0.1) is 12.8 Å². The van der Waals surface area contributed by atoms with Crippen LogP contribution in [0.1, 0.15) is 25.6 Å². The summed E-state index contributed by atoms with van der Waals surface area (Å²) in [5, 5.41) is 13.3. The lowest BCUT2D eigenvalue weighted by atomic mass is 10.0. The summed E-state index contributed by atoms with van der Waals surface area (Å²) >= 11 is 1.01. The van der Waals surface area contributed by atoms with Gasteiger partial charge in [-0.2, -0.15) is 4.37 Å². The number of nitrogens with one attached hydrogen (secondary N) is 2. The molecule has 1 aromatic heterocycles. The maximum atomic E-state index is 11.4. The Hall–Kier alpha value is -2.03. The van der Waals surface area contributed by atoms with Crippen molar-refractivity contribution in [2.24, 2.45) is 5.92 Å². The molecule has 1 rings (SSSR count). The van der Waals surface area contributed by atoms with E-state index in [4.69, 9.17) is 5.11 Å². The van der Waals surface area contributed by atoms with E-state index in [1.807, 2.05) is 0 Å². The normalized spacial score (nSPS) is 11.7. The summed E-state index contributed by atoms with van der Waals surface area (Å²) in [4.78, 5) is 37.2. The molecule has 0 bridgehead atoms. The number of anilines is 1. The van der Waals surface area contributed by atoms with Crippen molar-refractivity contribution in [2.45, 2.75) is 26.7 Å². The van der Waals surface area contributed by atoms with Crippen molar-refractivity contribution in [3.8, 4) is 0 Å². The molecule has 0 aliphatic carbocycles. The molecule has 19 heavy (non-hydrogen) atoms. The van der Waals surface area contributed by atoms with Gasteiger partial charge in [-0.05, 0) is 12.8 Å². The van der Waals surface area contributed by atoms with Crippen LogP contribution < -0.4 is 10.6 Å². The second-order valence-electron chi connectivity index (χ2n) is 4.06. The average molecular weight is 286 g/mol. The van der Waals surface area contributed by atoms with Gasteiger partial charge in [0.25, 0.3) is 0 Å². The maximum Gasteiger partial charge on any atom is 0.327 e. The number of carboxylic acids is 1. The lowest BCUT2D eigenvalue weighted by Crippen LogP contribution is -2.35. The maximum absolute atomic E-state index is 11.4. The van der Waals surface area contributed by atoms with Gasteiger partial charge in [0.15, 0.2) is 0 Å². The molecular weight excluding hydrogens is 272 g/mol. The Morgan fingerprint density at radius 3 is 2.58 bits per heavy atom. The quantitative estimate of drug-likeness (QED) is 0.742. The van der Waals surface area contributed by atoms with Crippen LogP contribution >= 0.6 is 11.5 Å². The van der Waals surface area contributed by atoms with E-state index < -0.39 is 17.9 Å². The highest BCUT2D eigenvalue weighted by Gasteiger charge is 2.15. The molecule has 0 fully saturated rings. The van der Waals surface area contributed by atoms with Crippen LogP contribution in [0.15, 0.2) is 0 Å². The summed E-state index contributed by atoms with van der Waals surface area (Å²) < 4.78 is 3.87. The fourth-order valence-corrected chi connectivity index (χ4v) is 1.91. The predicted molar refractivity (Wildman–Crippen MR) is 67.8 cm³/mol. The van der Waals surface area contributed by atoms with Crippen molar-refractivity contribution < 1.29 is 19.5 Å². The summed E-state index contributed by atoms with van der Waals surface area (Å²) in [5.41, 5.74) is 0. The largest absolute Gasteiger partial charge is 0.481 e. The van der Waals surface area contributed by atoms with Crippen LogP contribution in [-0.4, -0.2) is 32.4 Å². The number of amides is 3. The molecule has 0 aliphatic heterocycles. The third-order valence-corrected chi connectivity index (χ3v) is 2.78. The lowest BCUT2D eigenvalue weighted by molar-refractivity contribution is -0.138. The average Bonchev–Trinajstić information content (AvgIpc) is 2.61. The van der Waals surface area contributed by atoms with E-state index >= 15 is 0 Å². The first-order valence-corrected chi connectivity index (χ1v) is 6.27. The molecule has 0 saturated carbocycles. The zero-order chi connectivity index (χ0) is 14.4. The zero-order valence-electron chi connectivity index (χ0n) is 10.5. The molecule has 0 saturated heterocycles. The van der Waals surface area contributed by atoms with E-state index in [1.54, 1.807) is 13.8 Å². The smallest absolute Gasteiger partial charge is 0.327 e. The first kappa shape index (κ1) is 15.0. The van der Waals surface area contributed by atoms with Gasteiger partial charge in [-0.1, -0.05) is 6.92 Å². The minimum absolute atomic E-state index is 0.0329. The van der Waals surface area contributed by atoms with Gasteiger partial charge in [-0.3, -0.25) is 20.2 Å². The number of carbonyl (C=O) groups is 3. The van der Waals surface area contributed by atoms with Crippen LogP contribution in [0.25, 0.3) is 0 Å². The van der Waals surface area contributed by atoms with Crippen LogP contribution in [0.2, 0.25) is 0 Å². The van der Waals surface area contributed by atoms with Crippen molar-refractivity contribution >= 4 is 34.6 Å². The molecule has 1 atom stereocenters. The van der Waals surface area contributed by atoms with Crippen LogP contribution in [0.4, 0.5) is 9.93 Å². The summed E-state index contributed by atoms with van der Waals surface area (Å²) in [6, 6.07) is -0.705. The number of urea groups is 1. The topological polar surface area (TPSA) is 121 Å². The highest BCUT2D eigenvalue weighted by atomic mass is 32.1. The summed E-state index contributed by atoms with van der Waals surface area (Å²) in [7, 11) is 0. The molecule has 0 spiro atoms. The number of aryl methyl sites for hydroxylation is 1. The third kappa shape index (κ3) is 5.91. The molecule has 104 valence electrons. The van der Waals surface area contributed by atoms with E-state index in [-0.39, 0.29) is 18.8 Å². The Labute approximate surface area is 113 Å². The van der Waals surface area contributed by atoms with Crippen LogP contribution in [0.3, 0.4) is 0 Å². The molecule has 8 nitrogen and oxygen atoms in total. The van der Waals surface area contributed by atoms with E-state index in [0.717, 1.165) is 11.5 Å². The fraction of sp³-hybridized carbons (Fsp3) is 0.500. The molecule has 3 N–H and O–H groups in total. The zero-order valence-corrected chi connectivity index (χ0v) is 11.3. The highest BCUT2D eigenvalue weighted by Crippen LogP contribution is 2.10. The van der Waals surface area contributed by atoms with Crippen molar-refractivity contribution in [1.82, 2.24) is 14.7 Å². The Morgan fingerprint density at radius 2 is 2.05 bits per heavy atom. The molecule has 0 aromatic carbocycles. The SMILES string of the molecule is Cc1nsc(NC(=O)NC(=O)CC(C)CC(=O)O)n1. The van der Waals surface area contributed by atoms with Crippen LogP contribution in [0.5, 0.6) is 0 Å². The Kier molecular flexibility index (Phi) is 5.37. The van der Waals surface area contributed by atoms with Gasteiger partial charge in [0.05, 0.1) is 0 Å². The van der Waals surface area contributed by atoms with Crippen molar-refractivity contribution in [3.63, 3.8) is 0 Å². The number of imide groups is 1. The summed E-state index contributed by atoms with van der Waals surface area (Å²) in [6.45, 7) is 3.30. The molecule has 1 aromatic rings. The number of carbonyl (C=O) groups excluding carboxylic acids is 2. The first-order valence-electron chi connectivity index (χ1n) is 5.49. The van der Waals surface area contributed by atoms with Crippen LogP contribution in [-0.2, 0) is 9.59 Å². The molecule has 1 heterocycles. The summed E-state index contributed by atoms with van der Waals surface area (Å²) in [6.07, 6.45) is -0.153. The second kappa shape index (κ2) is 6.78. The number of hydrogen-bond acceptors (Lipinski definition) is 6. The Morgan fingerprint density at radius 1 is 1.37 bits per heavy atom. The predicted octanol–water partition coefficient (Wildman–Crippen LogP) is 0.996. The molecule has 0 aliphatic rings. The van der Waals surface area contributed by atoms with Gasteiger partial charge < -0.3 is 5.11 Å². The van der Waals surface area contributed by atoms with E-state index in [0.29, 0.717) is 11.0 Å². The first-order chi connectivity index (χ1) is 8.86. The van der Waals surface area contributed by atoms with Crippen molar-refractivity contribution in [1.29, 1.82) is 0 Å². The van der Waals surface area contributed by atoms with Crippen molar-refractivity contribution in [3.05, 3.63) is 5.82 Å². The van der Waals surface area contributed by atoms with Gasteiger partial charge in [0.2, 0.25) is 11.0 Å². The molecule has 0 radical (unpaired) electrons. The number of nitrogens with zero attached hydrogens (tertiary/aromatic N) is 2. The molecule has 9 heteroatoms. The van der Waals surface area contributed by atoms with E-state index in [1.165, 1.54) is 0 Å². The molecule has 1 unspecified atom stereocenters. The lowest BCUT2D eigenvalue weighted by Gasteiger charge is -2.08. The Bertz CT molecular complexity index is 488. The monoisotopic (exact) mass is 286 g/mol. The number of rotatable bonds is 5. The number of aromatic nitrogens is 2. The highest BCUT2D eigenvalue weighted by molar-refractivity contribution is 7.09. The van der Waals surface area contributed by atoms with E-state index in [2.05, 4.69) is 20.0 Å². The number of aliphatic carboxylic acids is 1. The molecular formula is C10H14N4O4S. The van der Waals surface area contributed by atoms with Crippen molar-refractivity contribution in [2.75, 3.05) is 5.32 Å². The van der Waals surface area contributed by atoms with Gasteiger partial charge >= 0.3 is 12.0 Å². The third-order valence-electron chi connectivity index (χ3n) is 2.06. The van der Waals surface area contributed by atoms with E-state index in [9.17, 15) is 14.4 Å². The number of hydrogen-bond donors (Lipinski definition) is 3. The second-order valence-corrected chi connectivity index (χ2v) is 4.81. The fourth-order valence-electron chi connectivity index (χ4n) is 1.34. The van der Waals surface area contributed by atoms with Gasteiger partial charge in [-0.15, -0.1) is 0 Å². The Balaban J connectivity index is 2.35. The molecule has 3 amide bonds. The minimum atomic E-state index is -0.978. The van der Waals surface area contributed by atoms with Gasteiger partial charge in [0.1, 0.15) is 5.82 Å². The summed E-state index contributed by atoms with van der Waals surface area (Å²) in [5.74, 6) is -1.32. The van der Waals surface area contributed by atoms with Gasteiger partial charge in [0, 0.05) is 24.4 Å². The van der Waals surface area contributed by atoms with Gasteiger partial charge in [-0.25, -0.2) is 9.78 Å².